The number of rotatable bonds is 4. The van der Waals surface area contributed by atoms with Crippen LogP contribution in [0.15, 0.2) is 6.20 Å². The fourth-order valence-corrected chi connectivity index (χ4v) is 2.72. The topological polar surface area (TPSA) is 67.2 Å². The van der Waals surface area contributed by atoms with Crippen molar-refractivity contribution < 1.29 is 9.90 Å². The molecular weight excluding hydrogens is 242 g/mol. The van der Waals surface area contributed by atoms with Crippen LogP contribution in [0.3, 0.4) is 0 Å². The lowest BCUT2D eigenvalue weighted by molar-refractivity contribution is 0.0449. The molecule has 0 saturated heterocycles. The van der Waals surface area contributed by atoms with Gasteiger partial charge < -0.3 is 10.4 Å². The van der Waals surface area contributed by atoms with E-state index in [0.717, 1.165) is 31.4 Å². The maximum Gasteiger partial charge on any atom is 0.254 e. The van der Waals surface area contributed by atoms with Crippen molar-refractivity contribution >= 4 is 5.91 Å². The highest BCUT2D eigenvalue weighted by molar-refractivity contribution is 5.95. The van der Waals surface area contributed by atoms with Crippen molar-refractivity contribution in [3.8, 4) is 0 Å². The molecule has 2 N–H and O–H groups in total. The second-order valence-electron chi connectivity index (χ2n) is 5.80. The molecular formula is C14H23N3O2. The van der Waals surface area contributed by atoms with E-state index in [1.807, 2.05) is 25.5 Å². The second kappa shape index (κ2) is 5.33. The predicted octanol–water partition coefficient (Wildman–Crippen LogP) is 1.81. The summed E-state index contributed by atoms with van der Waals surface area (Å²) in [6, 6.07) is 0.237. The molecule has 1 saturated carbocycles. The molecule has 0 radical (unpaired) electrons. The van der Waals surface area contributed by atoms with E-state index in [0.29, 0.717) is 12.1 Å². The minimum absolute atomic E-state index is 0.148. The second-order valence-corrected chi connectivity index (χ2v) is 5.80. The van der Waals surface area contributed by atoms with Crippen LogP contribution >= 0.6 is 0 Å². The molecule has 0 atom stereocenters. The minimum atomic E-state index is -0.711. The molecule has 0 unspecified atom stereocenters. The summed E-state index contributed by atoms with van der Waals surface area (Å²) in [5.41, 5.74) is 0.749. The molecule has 0 aromatic carbocycles. The van der Waals surface area contributed by atoms with E-state index in [9.17, 15) is 9.90 Å². The van der Waals surface area contributed by atoms with Crippen molar-refractivity contribution in [1.29, 1.82) is 0 Å². The van der Waals surface area contributed by atoms with Gasteiger partial charge in [0.15, 0.2) is 0 Å². The van der Waals surface area contributed by atoms with E-state index in [-0.39, 0.29) is 11.9 Å². The van der Waals surface area contributed by atoms with Crippen molar-refractivity contribution in [3.63, 3.8) is 0 Å². The summed E-state index contributed by atoms with van der Waals surface area (Å²) < 4.78 is 1.83. The van der Waals surface area contributed by atoms with Crippen molar-refractivity contribution in [2.24, 2.45) is 0 Å². The van der Waals surface area contributed by atoms with Crippen LogP contribution in [0.2, 0.25) is 0 Å². The zero-order valence-corrected chi connectivity index (χ0v) is 11.9. The Kier molecular flexibility index (Phi) is 3.94. The van der Waals surface area contributed by atoms with Gasteiger partial charge in [-0.2, -0.15) is 5.10 Å². The van der Waals surface area contributed by atoms with Gasteiger partial charge in [-0.3, -0.25) is 9.48 Å². The van der Waals surface area contributed by atoms with E-state index in [1.165, 1.54) is 0 Å². The third-order valence-electron chi connectivity index (χ3n) is 3.89. The van der Waals surface area contributed by atoms with Gasteiger partial charge in [-0.25, -0.2) is 0 Å². The molecule has 19 heavy (non-hydrogen) atoms. The average Bonchev–Trinajstić information content (AvgIpc) is 2.93. The van der Waals surface area contributed by atoms with E-state index < -0.39 is 5.60 Å². The van der Waals surface area contributed by atoms with Gasteiger partial charge in [-0.05, 0) is 33.6 Å². The largest absolute Gasteiger partial charge is 0.388 e. The Labute approximate surface area is 114 Å². The van der Waals surface area contributed by atoms with Crippen LogP contribution in [0.25, 0.3) is 0 Å². The molecule has 1 aromatic heterocycles. The number of carbonyl (C=O) groups excluding carboxylic acids is 1. The van der Waals surface area contributed by atoms with Gasteiger partial charge in [-0.15, -0.1) is 0 Å². The molecule has 0 bridgehead atoms. The average molecular weight is 265 g/mol. The molecule has 5 nitrogen and oxygen atoms in total. The lowest BCUT2D eigenvalue weighted by atomic mass is 10.0. The SMILES string of the molecule is Cc1c(C(=O)NCC2(O)CCCC2)cnn1C(C)C. The minimum Gasteiger partial charge on any atom is -0.388 e. The van der Waals surface area contributed by atoms with Gasteiger partial charge in [0.2, 0.25) is 0 Å². The molecule has 1 aliphatic rings. The quantitative estimate of drug-likeness (QED) is 0.872. The van der Waals surface area contributed by atoms with E-state index in [2.05, 4.69) is 10.4 Å². The number of nitrogens with one attached hydrogen (secondary N) is 1. The Morgan fingerprint density at radius 3 is 2.68 bits per heavy atom. The Morgan fingerprint density at radius 2 is 2.16 bits per heavy atom. The first-order chi connectivity index (χ1) is 8.93. The molecule has 1 amide bonds. The summed E-state index contributed by atoms with van der Waals surface area (Å²) in [4.78, 5) is 12.1. The first-order valence-electron chi connectivity index (χ1n) is 6.98. The normalized spacial score (nSPS) is 17.9. The molecule has 5 heteroatoms. The number of aliphatic hydroxyl groups is 1. The highest BCUT2D eigenvalue weighted by Crippen LogP contribution is 2.28. The summed E-state index contributed by atoms with van der Waals surface area (Å²) in [5, 5.41) is 17.3. The summed E-state index contributed by atoms with van der Waals surface area (Å²) >= 11 is 0. The van der Waals surface area contributed by atoms with E-state index >= 15 is 0 Å². The summed E-state index contributed by atoms with van der Waals surface area (Å²) in [7, 11) is 0. The lowest BCUT2D eigenvalue weighted by Gasteiger charge is -2.22. The van der Waals surface area contributed by atoms with Crippen molar-refractivity contribution in [1.82, 2.24) is 15.1 Å². The number of nitrogens with zero attached hydrogens (tertiary/aromatic N) is 2. The number of hydrogen-bond donors (Lipinski definition) is 2. The van der Waals surface area contributed by atoms with E-state index in [4.69, 9.17) is 0 Å². The number of carbonyl (C=O) groups is 1. The maximum atomic E-state index is 12.1. The monoisotopic (exact) mass is 265 g/mol. The van der Waals surface area contributed by atoms with Gasteiger partial charge in [0, 0.05) is 18.3 Å². The van der Waals surface area contributed by atoms with Gasteiger partial charge in [0.25, 0.3) is 5.91 Å². The molecule has 1 aliphatic carbocycles. The van der Waals surface area contributed by atoms with Crippen LogP contribution in [0, 0.1) is 6.92 Å². The Morgan fingerprint density at radius 1 is 1.53 bits per heavy atom. The fraction of sp³-hybridized carbons (Fsp3) is 0.714. The smallest absolute Gasteiger partial charge is 0.254 e. The fourth-order valence-electron chi connectivity index (χ4n) is 2.72. The molecule has 106 valence electrons. The molecule has 2 rings (SSSR count). The van der Waals surface area contributed by atoms with Gasteiger partial charge in [-0.1, -0.05) is 12.8 Å². The number of hydrogen-bond acceptors (Lipinski definition) is 3. The van der Waals surface area contributed by atoms with Crippen LogP contribution in [0.1, 0.15) is 61.6 Å². The molecule has 0 aliphatic heterocycles. The van der Waals surface area contributed by atoms with Crippen LogP contribution in [0.4, 0.5) is 0 Å². The number of amides is 1. The standard InChI is InChI=1S/C14H23N3O2/c1-10(2)17-11(3)12(8-16-17)13(18)15-9-14(19)6-4-5-7-14/h8,10,19H,4-7,9H2,1-3H3,(H,15,18). The predicted molar refractivity (Wildman–Crippen MR) is 73.1 cm³/mol. The van der Waals surface area contributed by atoms with Crippen LogP contribution in [0.5, 0.6) is 0 Å². The lowest BCUT2D eigenvalue weighted by Crippen LogP contribution is -2.40. The van der Waals surface area contributed by atoms with Crippen molar-refractivity contribution in [2.45, 2.75) is 58.1 Å². The van der Waals surface area contributed by atoms with Crippen molar-refractivity contribution in [2.75, 3.05) is 6.54 Å². The Bertz CT molecular complexity index is 459. The molecule has 1 fully saturated rings. The summed E-state index contributed by atoms with van der Waals surface area (Å²) in [6.07, 6.45) is 5.23. The van der Waals surface area contributed by atoms with Crippen LogP contribution in [-0.2, 0) is 0 Å². The Hall–Kier alpha value is -1.36. The highest BCUT2D eigenvalue weighted by atomic mass is 16.3. The van der Waals surface area contributed by atoms with Crippen LogP contribution < -0.4 is 5.32 Å². The maximum absolute atomic E-state index is 12.1. The molecule has 1 heterocycles. The summed E-state index contributed by atoms with van der Waals surface area (Å²) in [6.45, 7) is 6.29. The summed E-state index contributed by atoms with van der Waals surface area (Å²) in [5.74, 6) is -0.148. The van der Waals surface area contributed by atoms with Gasteiger partial charge >= 0.3 is 0 Å². The van der Waals surface area contributed by atoms with Crippen LogP contribution in [-0.4, -0.2) is 32.9 Å². The Balaban J connectivity index is 2.00. The van der Waals surface area contributed by atoms with Gasteiger partial charge in [0.05, 0.1) is 17.4 Å². The van der Waals surface area contributed by atoms with Gasteiger partial charge in [0.1, 0.15) is 0 Å². The number of aromatic nitrogens is 2. The molecule has 0 spiro atoms. The zero-order valence-electron chi connectivity index (χ0n) is 11.9. The first-order valence-corrected chi connectivity index (χ1v) is 6.98. The van der Waals surface area contributed by atoms with E-state index in [1.54, 1.807) is 6.20 Å². The molecule has 1 aromatic rings. The first kappa shape index (κ1) is 14.1. The third kappa shape index (κ3) is 2.97. The van der Waals surface area contributed by atoms with Crippen molar-refractivity contribution in [3.05, 3.63) is 17.5 Å². The highest BCUT2D eigenvalue weighted by Gasteiger charge is 2.31. The third-order valence-corrected chi connectivity index (χ3v) is 3.89. The zero-order chi connectivity index (χ0) is 14.0.